The van der Waals surface area contributed by atoms with Gasteiger partial charge in [-0.2, -0.15) is 0 Å². The molecule has 3 aromatic rings. The molecule has 4 nitrogen and oxygen atoms in total. The van der Waals surface area contributed by atoms with Gasteiger partial charge in [-0.25, -0.2) is 4.42 Å². The van der Waals surface area contributed by atoms with Gasteiger partial charge in [-0.15, -0.1) is 0 Å². The topological polar surface area (TPSA) is 39.0 Å². The second-order valence-electron chi connectivity index (χ2n) is 4.72. The second kappa shape index (κ2) is 5.93. The zero-order chi connectivity index (χ0) is 15.5. The first-order valence-corrected chi connectivity index (χ1v) is 6.89. The van der Waals surface area contributed by atoms with Gasteiger partial charge in [-0.05, 0) is 18.2 Å². The molecule has 4 heteroatoms. The van der Waals surface area contributed by atoms with Crippen LogP contribution in [0, 0.1) is 0 Å². The van der Waals surface area contributed by atoms with E-state index in [9.17, 15) is 0 Å². The molecule has 1 aromatic heterocycles. The molecule has 0 aliphatic carbocycles. The second-order valence-corrected chi connectivity index (χ2v) is 4.72. The third kappa shape index (κ3) is 2.33. The lowest BCUT2D eigenvalue weighted by Crippen LogP contribution is -1.95. The average molecular weight is 297 g/mol. The summed E-state index contributed by atoms with van der Waals surface area (Å²) in [5.74, 6) is 2.55. The lowest BCUT2D eigenvalue weighted by molar-refractivity contribution is 0.348. The molecule has 0 fully saturated rings. The SMILES string of the molecule is COc1cc(OC)c2ccc(-c3ccccc3)[o+]c2c1OC. The van der Waals surface area contributed by atoms with Gasteiger partial charge in [0.2, 0.25) is 0 Å². The van der Waals surface area contributed by atoms with E-state index >= 15 is 0 Å². The third-order valence-corrected chi connectivity index (χ3v) is 3.52. The fourth-order valence-corrected chi connectivity index (χ4v) is 2.44. The Morgan fingerprint density at radius 2 is 1.50 bits per heavy atom. The number of hydrogen-bond acceptors (Lipinski definition) is 3. The zero-order valence-electron chi connectivity index (χ0n) is 12.8. The van der Waals surface area contributed by atoms with Crippen LogP contribution in [0.1, 0.15) is 0 Å². The van der Waals surface area contributed by atoms with Crippen LogP contribution in [0.3, 0.4) is 0 Å². The molecule has 0 saturated heterocycles. The van der Waals surface area contributed by atoms with E-state index in [1.807, 2.05) is 42.5 Å². The van der Waals surface area contributed by atoms with Gasteiger partial charge in [0.05, 0.1) is 26.9 Å². The molecule has 0 radical (unpaired) electrons. The van der Waals surface area contributed by atoms with Crippen LogP contribution in [0.5, 0.6) is 17.2 Å². The maximum absolute atomic E-state index is 6.07. The van der Waals surface area contributed by atoms with Gasteiger partial charge in [-0.1, -0.05) is 18.2 Å². The number of rotatable bonds is 4. The molecule has 1 heterocycles. The van der Waals surface area contributed by atoms with Gasteiger partial charge in [0.15, 0.2) is 5.75 Å². The Morgan fingerprint density at radius 1 is 0.773 bits per heavy atom. The van der Waals surface area contributed by atoms with E-state index in [1.165, 1.54) is 0 Å². The van der Waals surface area contributed by atoms with Crippen LogP contribution in [-0.2, 0) is 0 Å². The van der Waals surface area contributed by atoms with Crippen molar-refractivity contribution < 1.29 is 18.6 Å². The van der Waals surface area contributed by atoms with Crippen molar-refractivity contribution >= 4 is 11.0 Å². The molecule has 0 N–H and O–H groups in total. The van der Waals surface area contributed by atoms with Crippen LogP contribution >= 0.6 is 0 Å². The summed E-state index contributed by atoms with van der Waals surface area (Å²) in [6.45, 7) is 0. The van der Waals surface area contributed by atoms with E-state index in [2.05, 4.69) is 0 Å². The standard InChI is InChI=1S/C18H17O4/c1-19-15-11-16(20-2)18(21-3)17-13(15)9-10-14(22-17)12-7-5-4-6-8-12/h4-11H,1-3H3/q+1. The first-order chi connectivity index (χ1) is 10.8. The van der Waals surface area contributed by atoms with E-state index in [4.69, 9.17) is 18.6 Å². The number of methoxy groups -OCH3 is 3. The monoisotopic (exact) mass is 297 g/mol. The average Bonchev–Trinajstić information content (AvgIpc) is 2.60. The predicted octanol–water partition coefficient (Wildman–Crippen LogP) is 4.41. The van der Waals surface area contributed by atoms with Gasteiger partial charge >= 0.3 is 11.3 Å². The molecule has 22 heavy (non-hydrogen) atoms. The van der Waals surface area contributed by atoms with E-state index in [1.54, 1.807) is 27.4 Å². The van der Waals surface area contributed by atoms with Crippen LogP contribution in [0.2, 0.25) is 0 Å². The quantitative estimate of drug-likeness (QED) is 0.669. The van der Waals surface area contributed by atoms with Crippen molar-refractivity contribution in [3.05, 3.63) is 48.5 Å². The number of ether oxygens (including phenoxy) is 3. The summed E-state index contributed by atoms with van der Waals surface area (Å²) >= 11 is 0. The Bertz CT molecular complexity index is 797. The minimum absolute atomic E-state index is 0.552. The van der Waals surface area contributed by atoms with E-state index in [-0.39, 0.29) is 0 Å². The van der Waals surface area contributed by atoms with Crippen molar-refractivity contribution in [3.8, 4) is 28.6 Å². The van der Waals surface area contributed by atoms with Crippen molar-refractivity contribution in [3.63, 3.8) is 0 Å². The molecule has 0 amide bonds. The molecule has 0 aliphatic rings. The third-order valence-electron chi connectivity index (χ3n) is 3.52. The molecule has 112 valence electrons. The number of hydrogen-bond donors (Lipinski definition) is 0. The van der Waals surface area contributed by atoms with Gasteiger partial charge in [0.1, 0.15) is 11.1 Å². The van der Waals surface area contributed by atoms with Crippen LogP contribution in [0.25, 0.3) is 22.3 Å². The molecule has 3 rings (SSSR count). The largest absolute Gasteiger partial charge is 0.496 e. The normalized spacial score (nSPS) is 10.5. The molecule has 0 spiro atoms. The summed E-state index contributed by atoms with van der Waals surface area (Å²) < 4.78 is 22.3. The Labute approximate surface area is 128 Å². The molecule has 0 bridgehead atoms. The Morgan fingerprint density at radius 3 is 2.14 bits per heavy atom. The summed E-state index contributed by atoms with van der Waals surface area (Å²) in [5.41, 5.74) is 1.59. The highest BCUT2D eigenvalue weighted by Crippen LogP contribution is 2.42. The van der Waals surface area contributed by atoms with E-state index < -0.39 is 0 Å². The van der Waals surface area contributed by atoms with Gasteiger partial charge < -0.3 is 14.2 Å². The number of fused-ring (bicyclic) bond motifs is 1. The van der Waals surface area contributed by atoms with Crippen molar-refractivity contribution in [2.45, 2.75) is 0 Å². The lowest BCUT2D eigenvalue weighted by atomic mass is 10.1. The number of benzene rings is 2. The van der Waals surface area contributed by atoms with Gasteiger partial charge in [0.25, 0.3) is 5.75 Å². The summed E-state index contributed by atoms with van der Waals surface area (Å²) in [6.07, 6.45) is 0. The first-order valence-electron chi connectivity index (χ1n) is 6.89. The molecular formula is C18H17O4+. The summed E-state index contributed by atoms with van der Waals surface area (Å²) in [7, 11) is 4.80. The minimum Gasteiger partial charge on any atom is -0.496 e. The fraction of sp³-hybridized carbons (Fsp3) is 0.167. The summed E-state index contributed by atoms with van der Waals surface area (Å²) in [5, 5.41) is 0.833. The fourth-order valence-electron chi connectivity index (χ4n) is 2.44. The maximum Gasteiger partial charge on any atom is 0.409 e. The Hall–Kier alpha value is -2.75. The molecular weight excluding hydrogens is 280 g/mol. The minimum atomic E-state index is 0.552. The van der Waals surface area contributed by atoms with E-state index in [0.717, 1.165) is 16.7 Å². The molecule has 0 aliphatic heterocycles. The van der Waals surface area contributed by atoms with Crippen molar-refractivity contribution in [2.24, 2.45) is 0 Å². The van der Waals surface area contributed by atoms with Crippen molar-refractivity contribution in [1.29, 1.82) is 0 Å². The van der Waals surface area contributed by atoms with Gasteiger partial charge in [-0.3, -0.25) is 0 Å². The van der Waals surface area contributed by atoms with Gasteiger partial charge in [0, 0.05) is 12.1 Å². The first kappa shape index (κ1) is 14.2. The Balaban J connectivity index is 2.30. The molecule has 0 unspecified atom stereocenters. The predicted molar refractivity (Wildman–Crippen MR) is 85.7 cm³/mol. The maximum atomic E-state index is 6.07. The summed E-state index contributed by atoms with van der Waals surface area (Å²) in [6, 6.07) is 15.6. The highest BCUT2D eigenvalue weighted by molar-refractivity contribution is 5.92. The lowest BCUT2D eigenvalue weighted by Gasteiger charge is -2.08. The van der Waals surface area contributed by atoms with E-state index in [0.29, 0.717) is 22.8 Å². The molecule has 2 aromatic carbocycles. The van der Waals surface area contributed by atoms with Crippen LogP contribution < -0.4 is 14.2 Å². The zero-order valence-corrected chi connectivity index (χ0v) is 12.8. The molecule has 0 saturated carbocycles. The highest BCUT2D eigenvalue weighted by atomic mass is 16.5. The molecule has 0 atom stereocenters. The van der Waals surface area contributed by atoms with Crippen LogP contribution in [0.4, 0.5) is 0 Å². The Kier molecular flexibility index (Phi) is 3.83. The van der Waals surface area contributed by atoms with Crippen LogP contribution in [-0.4, -0.2) is 21.3 Å². The van der Waals surface area contributed by atoms with Crippen LogP contribution in [0.15, 0.2) is 52.9 Å². The smallest absolute Gasteiger partial charge is 0.409 e. The highest BCUT2D eigenvalue weighted by Gasteiger charge is 2.26. The van der Waals surface area contributed by atoms with Crippen molar-refractivity contribution in [1.82, 2.24) is 0 Å². The summed E-state index contributed by atoms with van der Waals surface area (Å²) in [4.78, 5) is 0. The van der Waals surface area contributed by atoms with Crippen molar-refractivity contribution in [2.75, 3.05) is 21.3 Å².